The highest BCUT2D eigenvalue weighted by Gasteiger charge is 2.38. The molecule has 39 heavy (non-hydrogen) atoms. The van der Waals surface area contributed by atoms with Crippen LogP contribution in [-0.2, 0) is 35.0 Å². The summed E-state index contributed by atoms with van der Waals surface area (Å²) in [6.45, 7) is 14.0. The number of carboxylic acid groups (broad SMARTS) is 1. The van der Waals surface area contributed by atoms with Crippen LogP contribution in [-0.4, -0.2) is 22.8 Å². The number of carboxylic acids is 1. The standard InChI is InChI=1S/C35H39NO3/c1-7-26(39-6)10-8-9-19-36-22-29(23-11-13-24(14-12-23)33(37)38)27-16-15-25-20-30-31(21-28(25)32(27)36)35(4,5)18-17-34(30,2)3/h7-14,20-22H,1,15-19H2,2-6H3,(H,37,38)/b9-8-,26-10+. The molecule has 5 rings (SSSR count). The number of ether oxygens (including phenoxy) is 1. The lowest BCUT2D eigenvalue weighted by Crippen LogP contribution is -2.34. The highest BCUT2D eigenvalue weighted by molar-refractivity contribution is 5.89. The maximum absolute atomic E-state index is 11.4. The lowest BCUT2D eigenvalue weighted by Gasteiger charge is -2.43. The average Bonchev–Trinajstić information content (AvgIpc) is 3.30. The Balaban J connectivity index is 1.66. The van der Waals surface area contributed by atoms with Gasteiger partial charge in [0.2, 0.25) is 0 Å². The summed E-state index contributed by atoms with van der Waals surface area (Å²) in [6.07, 6.45) is 14.4. The average molecular weight is 522 g/mol. The van der Waals surface area contributed by atoms with Crippen LogP contribution in [0.15, 0.2) is 79.2 Å². The molecule has 1 heterocycles. The summed E-state index contributed by atoms with van der Waals surface area (Å²) in [4.78, 5) is 11.4. The van der Waals surface area contributed by atoms with Gasteiger partial charge in [-0.1, -0.05) is 64.6 Å². The van der Waals surface area contributed by atoms with E-state index in [1.165, 1.54) is 51.9 Å². The molecule has 4 heteroatoms. The van der Waals surface area contributed by atoms with Gasteiger partial charge < -0.3 is 14.4 Å². The van der Waals surface area contributed by atoms with Gasteiger partial charge in [0.15, 0.2) is 0 Å². The van der Waals surface area contributed by atoms with Crippen molar-refractivity contribution in [1.29, 1.82) is 0 Å². The lowest BCUT2D eigenvalue weighted by molar-refractivity contribution is 0.0697. The van der Waals surface area contributed by atoms with Gasteiger partial charge in [-0.05, 0) is 94.7 Å². The highest BCUT2D eigenvalue weighted by atomic mass is 16.5. The van der Waals surface area contributed by atoms with Crippen molar-refractivity contribution in [2.75, 3.05) is 7.11 Å². The van der Waals surface area contributed by atoms with Gasteiger partial charge in [-0.15, -0.1) is 0 Å². The van der Waals surface area contributed by atoms with Crippen molar-refractivity contribution >= 4 is 5.97 Å². The largest absolute Gasteiger partial charge is 0.497 e. The molecule has 0 atom stereocenters. The normalized spacial score (nSPS) is 17.3. The second-order valence-corrected chi connectivity index (χ2v) is 12.1. The molecule has 0 saturated heterocycles. The third-order valence-corrected chi connectivity index (χ3v) is 8.74. The van der Waals surface area contributed by atoms with Crippen LogP contribution >= 0.6 is 0 Å². The van der Waals surface area contributed by atoms with Crippen LogP contribution < -0.4 is 0 Å². The number of nitrogens with zero attached hydrogens (tertiary/aromatic N) is 1. The molecule has 4 nitrogen and oxygen atoms in total. The number of hydrogen-bond donors (Lipinski definition) is 1. The van der Waals surface area contributed by atoms with Crippen LogP contribution in [0.5, 0.6) is 0 Å². The Morgan fingerprint density at radius 2 is 1.69 bits per heavy atom. The maximum Gasteiger partial charge on any atom is 0.335 e. The van der Waals surface area contributed by atoms with E-state index in [4.69, 9.17) is 4.74 Å². The molecule has 1 N–H and O–H groups in total. The van der Waals surface area contributed by atoms with Crippen molar-refractivity contribution in [3.05, 3.63) is 107 Å². The molecule has 0 bridgehead atoms. The Kier molecular flexibility index (Phi) is 6.92. The summed E-state index contributed by atoms with van der Waals surface area (Å²) in [5.74, 6) is -0.180. The van der Waals surface area contributed by atoms with Crippen LogP contribution in [0.1, 0.15) is 73.1 Å². The molecule has 202 valence electrons. The van der Waals surface area contributed by atoms with Crippen molar-refractivity contribution in [3.8, 4) is 22.4 Å². The first-order chi connectivity index (χ1) is 18.6. The number of benzene rings is 2. The Bertz CT molecular complexity index is 1500. The number of aryl methyl sites for hydroxylation is 1. The Morgan fingerprint density at radius 1 is 1.03 bits per heavy atom. The van der Waals surface area contributed by atoms with Crippen LogP contribution in [0.25, 0.3) is 22.4 Å². The summed E-state index contributed by atoms with van der Waals surface area (Å²) in [7, 11) is 1.64. The van der Waals surface area contributed by atoms with Gasteiger partial charge in [-0.2, -0.15) is 0 Å². The van der Waals surface area contributed by atoms with Gasteiger partial charge in [-0.25, -0.2) is 4.79 Å². The Hall–Kier alpha value is -3.79. The van der Waals surface area contributed by atoms with Crippen molar-refractivity contribution in [2.24, 2.45) is 0 Å². The number of carbonyl (C=O) groups is 1. The molecule has 2 aromatic carbocycles. The summed E-state index contributed by atoms with van der Waals surface area (Å²) in [6, 6.07) is 12.3. The fourth-order valence-corrected chi connectivity index (χ4v) is 6.26. The van der Waals surface area contributed by atoms with E-state index in [1.807, 2.05) is 24.3 Å². The molecular formula is C35H39NO3. The second kappa shape index (κ2) is 10.1. The number of aromatic carboxylic acids is 1. The molecule has 2 aliphatic carbocycles. The van der Waals surface area contributed by atoms with Crippen molar-refractivity contribution in [1.82, 2.24) is 4.57 Å². The van der Waals surface area contributed by atoms with Crippen molar-refractivity contribution in [2.45, 2.75) is 70.8 Å². The van der Waals surface area contributed by atoms with E-state index in [-0.39, 0.29) is 10.8 Å². The van der Waals surface area contributed by atoms with E-state index >= 15 is 0 Å². The molecule has 0 aliphatic heterocycles. The molecule has 0 amide bonds. The third-order valence-electron chi connectivity index (χ3n) is 8.74. The molecule has 0 spiro atoms. The predicted molar refractivity (Wildman–Crippen MR) is 159 cm³/mol. The van der Waals surface area contributed by atoms with E-state index in [2.05, 4.69) is 63.2 Å². The van der Waals surface area contributed by atoms with Gasteiger partial charge >= 0.3 is 5.97 Å². The zero-order valence-electron chi connectivity index (χ0n) is 23.8. The van der Waals surface area contributed by atoms with Gasteiger partial charge in [-0.3, -0.25) is 0 Å². The fourth-order valence-electron chi connectivity index (χ4n) is 6.26. The number of aromatic nitrogens is 1. The number of fused-ring (bicyclic) bond motifs is 4. The summed E-state index contributed by atoms with van der Waals surface area (Å²) in [5.41, 5.74) is 11.2. The Morgan fingerprint density at radius 3 is 2.31 bits per heavy atom. The maximum atomic E-state index is 11.4. The zero-order chi connectivity index (χ0) is 27.9. The van der Waals surface area contributed by atoms with E-state index in [0.717, 1.165) is 24.2 Å². The number of methoxy groups -OCH3 is 1. The molecule has 0 fully saturated rings. The SMILES string of the molecule is C=C/C(=C\C=C/Cn1cc(-c2ccc(C(=O)O)cc2)c2c1-c1cc3c(cc1CC2)C(C)(C)CCC3(C)C)OC. The van der Waals surface area contributed by atoms with Gasteiger partial charge in [0, 0.05) is 23.9 Å². The molecule has 1 aromatic heterocycles. The van der Waals surface area contributed by atoms with E-state index in [9.17, 15) is 9.90 Å². The fraction of sp³-hybridized carbons (Fsp3) is 0.343. The number of rotatable bonds is 7. The van der Waals surface area contributed by atoms with Gasteiger partial charge in [0.1, 0.15) is 5.76 Å². The minimum Gasteiger partial charge on any atom is -0.497 e. The topological polar surface area (TPSA) is 51.5 Å². The second-order valence-electron chi connectivity index (χ2n) is 12.1. The van der Waals surface area contributed by atoms with Gasteiger partial charge in [0.25, 0.3) is 0 Å². The van der Waals surface area contributed by atoms with Crippen LogP contribution in [0.2, 0.25) is 0 Å². The number of hydrogen-bond acceptors (Lipinski definition) is 2. The Labute approximate surface area is 232 Å². The lowest BCUT2D eigenvalue weighted by atomic mass is 9.62. The number of allylic oxidation sites excluding steroid dienone is 4. The van der Waals surface area contributed by atoms with Crippen LogP contribution in [0.4, 0.5) is 0 Å². The first-order valence-corrected chi connectivity index (χ1v) is 13.8. The first kappa shape index (κ1) is 26.8. The quantitative estimate of drug-likeness (QED) is 0.252. The molecular weight excluding hydrogens is 482 g/mol. The van der Waals surface area contributed by atoms with E-state index in [0.29, 0.717) is 12.1 Å². The minimum atomic E-state index is -0.904. The molecule has 3 aromatic rings. The smallest absolute Gasteiger partial charge is 0.335 e. The van der Waals surface area contributed by atoms with E-state index in [1.54, 1.807) is 25.3 Å². The molecule has 0 radical (unpaired) electrons. The predicted octanol–water partition coefficient (Wildman–Crippen LogP) is 8.24. The first-order valence-electron chi connectivity index (χ1n) is 13.8. The summed E-state index contributed by atoms with van der Waals surface area (Å²) >= 11 is 0. The van der Waals surface area contributed by atoms with Crippen LogP contribution in [0, 0.1) is 0 Å². The highest BCUT2D eigenvalue weighted by Crippen LogP contribution is 2.50. The van der Waals surface area contributed by atoms with Crippen molar-refractivity contribution in [3.63, 3.8) is 0 Å². The molecule has 0 unspecified atom stereocenters. The molecule has 2 aliphatic rings. The van der Waals surface area contributed by atoms with Crippen molar-refractivity contribution < 1.29 is 14.6 Å². The van der Waals surface area contributed by atoms with Gasteiger partial charge in [0.05, 0.1) is 18.4 Å². The summed E-state index contributed by atoms with van der Waals surface area (Å²) in [5, 5.41) is 9.39. The zero-order valence-corrected chi connectivity index (χ0v) is 23.8. The third kappa shape index (κ3) is 4.89. The monoisotopic (exact) mass is 521 g/mol. The molecule has 0 saturated carbocycles. The minimum absolute atomic E-state index is 0.135. The van der Waals surface area contributed by atoms with E-state index < -0.39 is 5.97 Å². The van der Waals surface area contributed by atoms with Crippen LogP contribution in [0.3, 0.4) is 0 Å². The summed E-state index contributed by atoms with van der Waals surface area (Å²) < 4.78 is 7.66.